The predicted molar refractivity (Wildman–Crippen MR) is 53.6 cm³/mol. The fourth-order valence-electron chi connectivity index (χ4n) is 1.87. The summed E-state index contributed by atoms with van der Waals surface area (Å²) in [6.45, 7) is 3.25. The molecule has 14 heavy (non-hydrogen) atoms. The highest BCUT2D eigenvalue weighted by Crippen LogP contribution is 2.13. The van der Waals surface area contributed by atoms with Crippen LogP contribution in [0.5, 0.6) is 0 Å². The van der Waals surface area contributed by atoms with Crippen LogP contribution < -0.4 is 5.73 Å². The molecule has 1 aliphatic rings. The minimum absolute atomic E-state index is 0.00167. The van der Waals surface area contributed by atoms with E-state index in [9.17, 15) is 0 Å². The molecule has 1 aromatic rings. The second-order valence-electron chi connectivity index (χ2n) is 3.93. The van der Waals surface area contributed by atoms with Gasteiger partial charge in [-0.3, -0.25) is 4.68 Å². The summed E-state index contributed by atoms with van der Waals surface area (Å²) < 4.78 is 1.69. The lowest BCUT2D eigenvalue weighted by molar-refractivity contribution is 0.314. The Labute approximate surface area is 83.9 Å². The van der Waals surface area contributed by atoms with Crippen LogP contribution in [0.15, 0.2) is 6.20 Å². The van der Waals surface area contributed by atoms with Crippen LogP contribution in [-0.4, -0.2) is 39.5 Å². The summed E-state index contributed by atoms with van der Waals surface area (Å²) in [5.74, 6) is 0. The standard InChI is InChI=1S/C9H17N5/c1-13-7-9(11-12-13)8(10)6-14-4-2-3-5-14/h7-8H,2-6,10H2,1H3. The SMILES string of the molecule is Cn1cc(C(N)CN2CCCC2)nn1. The lowest BCUT2D eigenvalue weighted by Gasteiger charge is -2.18. The van der Waals surface area contributed by atoms with E-state index in [1.807, 2.05) is 13.2 Å². The predicted octanol–water partition coefficient (Wildman–Crippen LogP) is -0.0893. The molecule has 2 N–H and O–H groups in total. The minimum atomic E-state index is 0.00167. The van der Waals surface area contributed by atoms with Gasteiger partial charge in [-0.25, -0.2) is 0 Å². The lowest BCUT2D eigenvalue weighted by atomic mass is 10.2. The molecule has 5 nitrogen and oxygen atoms in total. The molecular formula is C9H17N5. The Morgan fingerprint density at radius 1 is 1.50 bits per heavy atom. The molecule has 1 fully saturated rings. The molecule has 1 unspecified atom stereocenters. The molecule has 1 saturated heterocycles. The highest BCUT2D eigenvalue weighted by Gasteiger charge is 2.17. The van der Waals surface area contributed by atoms with Gasteiger partial charge in [-0.05, 0) is 25.9 Å². The second kappa shape index (κ2) is 4.06. The molecule has 1 atom stereocenters. The molecule has 0 saturated carbocycles. The van der Waals surface area contributed by atoms with E-state index in [-0.39, 0.29) is 6.04 Å². The summed E-state index contributed by atoms with van der Waals surface area (Å²) in [4.78, 5) is 2.39. The van der Waals surface area contributed by atoms with Crippen molar-refractivity contribution >= 4 is 0 Å². The van der Waals surface area contributed by atoms with Gasteiger partial charge in [-0.15, -0.1) is 5.10 Å². The maximum absolute atomic E-state index is 6.03. The third kappa shape index (κ3) is 2.10. The number of aryl methyl sites for hydroxylation is 1. The van der Waals surface area contributed by atoms with Crippen molar-refractivity contribution in [1.82, 2.24) is 19.9 Å². The van der Waals surface area contributed by atoms with E-state index in [1.54, 1.807) is 4.68 Å². The van der Waals surface area contributed by atoms with Crippen molar-refractivity contribution in [3.8, 4) is 0 Å². The Bertz CT molecular complexity index is 289. The highest BCUT2D eigenvalue weighted by atomic mass is 15.4. The molecule has 0 aromatic carbocycles. The second-order valence-corrected chi connectivity index (χ2v) is 3.93. The van der Waals surface area contributed by atoms with Crippen molar-refractivity contribution < 1.29 is 0 Å². The number of nitrogens with two attached hydrogens (primary N) is 1. The van der Waals surface area contributed by atoms with Gasteiger partial charge in [0.1, 0.15) is 5.69 Å². The molecule has 2 heterocycles. The van der Waals surface area contributed by atoms with Crippen molar-refractivity contribution in [3.63, 3.8) is 0 Å². The molecule has 0 bridgehead atoms. The lowest BCUT2D eigenvalue weighted by Crippen LogP contribution is -2.30. The van der Waals surface area contributed by atoms with Gasteiger partial charge in [0, 0.05) is 19.8 Å². The smallest absolute Gasteiger partial charge is 0.101 e. The van der Waals surface area contributed by atoms with Crippen LogP contribution in [0.3, 0.4) is 0 Å². The van der Waals surface area contributed by atoms with Crippen LogP contribution in [0.2, 0.25) is 0 Å². The number of likely N-dealkylation sites (tertiary alicyclic amines) is 1. The van der Waals surface area contributed by atoms with Crippen molar-refractivity contribution in [1.29, 1.82) is 0 Å². The van der Waals surface area contributed by atoms with Crippen molar-refractivity contribution in [2.45, 2.75) is 18.9 Å². The molecule has 5 heteroatoms. The fraction of sp³-hybridized carbons (Fsp3) is 0.778. The Hall–Kier alpha value is -0.940. The first-order valence-electron chi connectivity index (χ1n) is 5.10. The third-order valence-corrected chi connectivity index (χ3v) is 2.65. The van der Waals surface area contributed by atoms with Crippen LogP contribution >= 0.6 is 0 Å². The molecule has 0 spiro atoms. The van der Waals surface area contributed by atoms with Crippen molar-refractivity contribution in [2.75, 3.05) is 19.6 Å². The molecule has 1 aliphatic heterocycles. The number of hydrogen-bond acceptors (Lipinski definition) is 4. The topological polar surface area (TPSA) is 60.0 Å². The van der Waals surface area contributed by atoms with Crippen molar-refractivity contribution in [3.05, 3.63) is 11.9 Å². The van der Waals surface area contributed by atoms with Crippen molar-refractivity contribution in [2.24, 2.45) is 12.8 Å². The van der Waals surface area contributed by atoms with Gasteiger partial charge in [-0.1, -0.05) is 5.21 Å². The zero-order valence-electron chi connectivity index (χ0n) is 8.56. The zero-order chi connectivity index (χ0) is 9.97. The average Bonchev–Trinajstić information content (AvgIpc) is 2.75. The maximum Gasteiger partial charge on any atom is 0.101 e. The molecule has 2 rings (SSSR count). The van der Waals surface area contributed by atoms with E-state index in [0.717, 1.165) is 12.2 Å². The van der Waals surface area contributed by atoms with E-state index < -0.39 is 0 Å². The summed E-state index contributed by atoms with van der Waals surface area (Å²) in [7, 11) is 1.86. The summed E-state index contributed by atoms with van der Waals surface area (Å²) in [6, 6.07) is 0.00167. The monoisotopic (exact) mass is 195 g/mol. The fourth-order valence-corrected chi connectivity index (χ4v) is 1.87. The van der Waals surface area contributed by atoms with Gasteiger partial charge < -0.3 is 10.6 Å². The Kier molecular flexibility index (Phi) is 2.79. The summed E-state index contributed by atoms with van der Waals surface area (Å²) in [6.07, 6.45) is 4.49. The number of nitrogens with zero attached hydrogens (tertiary/aromatic N) is 4. The first-order chi connectivity index (χ1) is 6.75. The van der Waals surface area contributed by atoms with Gasteiger partial charge in [-0.2, -0.15) is 0 Å². The molecular weight excluding hydrogens is 178 g/mol. The van der Waals surface area contributed by atoms with Crippen LogP contribution in [-0.2, 0) is 7.05 Å². The average molecular weight is 195 g/mol. The van der Waals surface area contributed by atoms with E-state index >= 15 is 0 Å². The zero-order valence-corrected chi connectivity index (χ0v) is 8.56. The minimum Gasteiger partial charge on any atom is -0.321 e. The van der Waals surface area contributed by atoms with Gasteiger partial charge in [0.15, 0.2) is 0 Å². The highest BCUT2D eigenvalue weighted by molar-refractivity contribution is 5.00. The van der Waals surface area contributed by atoms with Gasteiger partial charge in [0.25, 0.3) is 0 Å². The number of aromatic nitrogens is 3. The van der Waals surface area contributed by atoms with Crippen LogP contribution in [0.25, 0.3) is 0 Å². The molecule has 0 aliphatic carbocycles. The Morgan fingerprint density at radius 3 is 2.79 bits per heavy atom. The first kappa shape index (κ1) is 9.61. The first-order valence-corrected chi connectivity index (χ1v) is 5.10. The van der Waals surface area contributed by atoms with Gasteiger partial charge in [0.05, 0.1) is 6.04 Å². The Balaban J connectivity index is 1.91. The molecule has 0 amide bonds. The number of rotatable bonds is 3. The van der Waals surface area contributed by atoms with Crippen LogP contribution in [0, 0.1) is 0 Å². The Morgan fingerprint density at radius 2 is 2.21 bits per heavy atom. The maximum atomic E-state index is 6.03. The quantitative estimate of drug-likeness (QED) is 0.732. The largest absolute Gasteiger partial charge is 0.321 e. The third-order valence-electron chi connectivity index (χ3n) is 2.65. The van der Waals surface area contributed by atoms with E-state index in [0.29, 0.717) is 0 Å². The molecule has 1 aromatic heterocycles. The van der Waals surface area contributed by atoms with Gasteiger partial charge >= 0.3 is 0 Å². The number of hydrogen-bond donors (Lipinski definition) is 1. The summed E-state index contributed by atoms with van der Waals surface area (Å²) in [5, 5.41) is 7.90. The van der Waals surface area contributed by atoms with E-state index in [4.69, 9.17) is 5.73 Å². The summed E-state index contributed by atoms with van der Waals surface area (Å²) >= 11 is 0. The van der Waals surface area contributed by atoms with Gasteiger partial charge in [0.2, 0.25) is 0 Å². The van der Waals surface area contributed by atoms with E-state index in [1.165, 1.54) is 25.9 Å². The summed E-state index contributed by atoms with van der Waals surface area (Å²) in [5.41, 5.74) is 6.92. The molecule has 78 valence electrons. The van der Waals surface area contributed by atoms with E-state index in [2.05, 4.69) is 15.2 Å². The van der Waals surface area contributed by atoms with Crippen LogP contribution in [0.4, 0.5) is 0 Å². The normalized spacial score (nSPS) is 20.1. The van der Waals surface area contributed by atoms with Crippen LogP contribution in [0.1, 0.15) is 24.6 Å². The molecule has 0 radical (unpaired) electrons.